The number of nitro benzene ring substituents is 1. The maximum Gasteiger partial charge on any atom is 0.275 e. The Morgan fingerprint density at radius 2 is 1.83 bits per heavy atom. The average Bonchev–Trinajstić information content (AvgIpc) is 2.49. The molecule has 0 amide bonds. The fraction of sp³-hybridized carbons (Fsp3) is 0.200. The van der Waals surface area contributed by atoms with Gasteiger partial charge in [0.05, 0.1) is 14.8 Å². The van der Waals surface area contributed by atoms with E-state index >= 15 is 0 Å². The summed E-state index contributed by atoms with van der Waals surface area (Å²) in [7, 11) is -4.05. The number of halogens is 2. The highest BCUT2D eigenvalue weighted by Crippen LogP contribution is 2.30. The second-order valence-electron chi connectivity index (χ2n) is 5.20. The Balaban J connectivity index is 2.37. The molecule has 2 rings (SSSR count). The molecule has 6 nitrogen and oxygen atoms in total. The third-order valence-electron chi connectivity index (χ3n) is 3.50. The molecule has 0 spiro atoms. The second-order valence-corrected chi connectivity index (χ2v) is 7.32. The van der Waals surface area contributed by atoms with E-state index in [9.17, 15) is 22.9 Å². The summed E-state index contributed by atoms with van der Waals surface area (Å²) in [6, 6.07) is 6.79. The van der Waals surface area contributed by atoms with Crippen molar-refractivity contribution in [1.29, 1.82) is 0 Å². The van der Waals surface area contributed by atoms with Crippen molar-refractivity contribution in [3.63, 3.8) is 0 Å². The first-order valence-electron chi connectivity index (χ1n) is 6.84. The Hall–Kier alpha value is -2.03. The van der Waals surface area contributed by atoms with Crippen LogP contribution < -0.4 is 4.72 Å². The molecule has 1 unspecified atom stereocenters. The average molecular weight is 373 g/mol. The maximum atomic E-state index is 12.9. The Morgan fingerprint density at radius 3 is 2.38 bits per heavy atom. The van der Waals surface area contributed by atoms with Crippen molar-refractivity contribution in [2.45, 2.75) is 24.8 Å². The summed E-state index contributed by atoms with van der Waals surface area (Å²) in [4.78, 5) is 10.0. The van der Waals surface area contributed by atoms with Gasteiger partial charge < -0.3 is 0 Å². The van der Waals surface area contributed by atoms with Crippen molar-refractivity contribution in [2.24, 2.45) is 0 Å². The van der Waals surface area contributed by atoms with Crippen LogP contribution in [0.25, 0.3) is 0 Å². The van der Waals surface area contributed by atoms with Gasteiger partial charge in [0, 0.05) is 17.7 Å². The fourth-order valence-electron chi connectivity index (χ4n) is 2.11. The molecule has 0 saturated heterocycles. The first kappa shape index (κ1) is 18.3. The summed E-state index contributed by atoms with van der Waals surface area (Å²) in [5.41, 5.74) is 0.359. The number of hydrogen-bond acceptors (Lipinski definition) is 4. The molecular weight excluding hydrogens is 359 g/mol. The zero-order valence-corrected chi connectivity index (χ0v) is 14.4. The molecule has 128 valence electrons. The van der Waals surface area contributed by atoms with Gasteiger partial charge in [-0.1, -0.05) is 23.7 Å². The van der Waals surface area contributed by atoms with Gasteiger partial charge in [-0.05, 0) is 37.6 Å². The van der Waals surface area contributed by atoms with Crippen molar-refractivity contribution in [2.75, 3.05) is 0 Å². The SMILES string of the molecule is Cc1c(Cl)cc(S(=O)(=O)NC(C)c2ccc(F)cc2)cc1[N+](=O)[O-]. The van der Waals surface area contributed by atoms with Crippen LogP contribution in [0.2, 0.25) is 5.02 Å². The zero-order valence-electron chi connectivity index (χ0n) is 12.8. The molecule has 0 radical (unpaired) electrons. The summed E-state index contributed by atoms with van der Waals surface area (Å²) < 4.78 is 40.2. The highest BCUT2D eigenvalue weighted by Gasteiger charge is 2.24. The van der Waals surface area contributed by atoms with Crippen LogP contribution in [0.15, 0.2) is 41.3 Å². The molecule has 2 aromatic rings. The molecule has 2 aromatic carbocycles. The van der Waals surface area contributed by atoms with E-state index in [0.29, 0.717) is 5.56 Å². The Kier molecular flexibility index (Phi) is 5.22. The number of hydrogen-bond donors (Lipinski definition) is 1. The van der Waals surface area contributed by atoms with Gasteiger partial charge in [0.25, 0.3) is 5.69 Å². The van der Waals surface area contributed by atoms with Crippen LogP contribution in [-0.2, 0) is 10.0 Å². The van der Waals surface area contributed by atoms with Crippen molar-refractivity contribution in [3.8, 4) is 0 Å². The van der Waals surface area contributed by atoms with Crippen LogP contribution in [-0.4, -0.2) is 13.3 Å². The van der Waals surface area contributed by atoms with Gasteiger partial charge in [0.15, 0.2) is 0 Å². The van der Waals surface area contributed by atoms with E-state index in [0.717, 1.165) is 12.1 Å². The number of rotatable bonds is 5. The molecule has 0 fully saturated rings. The van der Waals surface area contributed by atoms with E-state index in [4.69, 9.17) is 11.6 Å². The number of nitrogens with one attached hydrogen (secondary N) is 1. The topological polar surface area (TPSA) is 89.3 Å². The molecular formula is C15H14ClFN2O4S. The van der Waals surface area contributed by atoms with Crippen LogP contribution in [0.4, 0.5) is 10.1 Å². The molecule has 0 aliphatic heterocycles. The van der Waals surface area contributed by atoms with Gasteiger partial charge in [-0.2, -0.15) is 0 Å². The van der Waals surface area contributed by atoms with Crippen LogP contribution in [0.1, 0.15) is 24.1 Å². The Labute approximate surface area is 143 Å². The largest absolute Gasteiger partial charge is 0.275 e. The molecule has 0 aliphatic rings. The standard InChI is InChI=1S/C15H14ClFN2O4S/c1-9-14(16)7-13(8-15(9)19(20)21)24(22,23)18-10(2)11-3-5-12(17)6-4-11/h3-8,10,18H,1-2H3. The number of nitrogens with zero attached hydrogens (tertiary/aromatic N) is 1. The first-order valence-corrected chi connectivity index (χ1v) is 8.70. The quantitative estimate of drug-likeness (QED) is 0.639. The molecule has 0 aromatic heterocycles. The molecule has 9 heteroatoms. The van der Waals surface area contributed by atoms with E-state index in [1.165, 1.54) is 31.2 Å². The van der Waals surface area contributed by atoms with Gasteiger partial charge in [0.1, 0.15) is 5.82 Å². The molecule has 0 saturated carbocycles. The van der Waals surface area contributed by atoms with Crippen molar-refractivity contribution < 1.29 is 17.7 Å². The lowest BCUT2D eigenvalue weighted by molar-refractivity contribution is -0.385. The van der Waals surface area contributed by atoms with Crippen LogP contribution in [0.3, 0.4) is 0 Å². The smallest absolute Gasteiger partial charge is 0.258 e. The summed E-state index contributed by atoms with van der Waals surface area (Å²) in [5.74, 6) is -0.435. The highest BCUT2D eigenvalue weighted by atomic mass is 35.5. The van der Waals surface area contributed by atoms with Crippen LogP contribution in [0.5, 0.6) is 0 Å². The molecule has 0 bridgehead atoms. The zero-order chi connectivity index (χ0) is 18.1. The van der Waals surface area contributed by atoms with Crippen molar-refractivity contribution in [3.05, 3.63) is 68.5 Å². The van der Waals surface area contributed by atoms with Crippen LogP contribution >= 0.6 is 11.6 Å². The van der Waals surface area contributed by atoms with Crippen molar-refractivity contribution >= 4 is 27.3 Å². The van der Waals surface area contributed by atoms with E-state index in [1.54, 1.807) is 6.92 Å². The number of sulfonamides is 1. The Bertz CT molecular complexity index is 885. The molecule has 1 N–H and O–H groups in total. The second kappa shape index (κ2) is 6.84. The molecule has 0 heterocycles. The number of nitro groups is 1. The van der Waals surface area contributed by atoms with E-state index < -0.39 is 26.8 Å². The fourth-order valence-corrected chi connectivity index (χ4v) is 3.66. The third-order valence-corrected chi connectivity index (χ3v) is 5.41. The lowest BCUT2D eigenvalue weighted by Gasteiger charge is -2.15. The van der Waals surface area contributed by atoms with E-state index in [2.05, 4.69) is 4.72 Å². The minimum atomic E-state index is -4.05. The van der Waals surface area contributed by atoms with Crippen LogP contribution in [0, 0.1) is 22.9 Å². The van der Waals surface area contributed by atoms with Gasteiger partial charge in [0.2, 0.25) is 10.0 Å². The lowest BCUT2D eigenvalue weighted by Crippen LogP contribution is -2.27. The predicted octanol–water partition coefficient (Wildman–Crippen LogP) is 3.74. The lowest BCUT2D eigenvalue weighted by atomic mass is 10.1. The van der Waals surface area contributed by atoms with Crippen molar-refractivity contribution in [1.82, 2.24) is 4.72 Å². The predicted molar refractivity (Wildman–Crippen MR) is 88.0 cm³/mol. The molecule has 0 aliphatic carbocycles. The minimum absolute atomic E-state index is 0.0148. The first-order chi connectivity index (χ1) is 11.1. The maximum absolute atomic E-state index is 12.9. The molecule has 1 atom stereocenters. The van der Waals surface area contributed by atoms with E-state index in [1.807, 2.05) is 0 Å². The van der Waals surface area contributed by atoms with E-state index in [-0.39, 0.29) is 21.2 Å². The third kappa shape index (κ3) is 3.89. The minimum Gasteiger partial charge on any atom is -0.258 e. The number of benzene rings is 2. The normalized spacial score (nSPS) is 12.8. The summed E-state index contributed by atoms with van der Waals surface area (Å²) >= 11 is 5.90. The van der Waals surface area contributed by atoms with Gasteiger partial charge in [-0.15, -0.1) is 0 Å². The molecule has 24 heavy (non-hydrogen) atoms. The van der Waals surface area contributed by atoms with Gasteiger partial charge in [-0.3, -0.25) is 10.1 Å². The Morgan fingerprint density at radius 1 is 1.25 bits per heavy atom. The summed E-state index contributed by atoms with van der Waals surface area (Å²) in [5, 5.41) is 11.0. The van der Waals surface area contributed by atoms with Gasteiger partial charge in [-0.25, -0.2) is 17.5 Å². The summed E-state index contributed by atoms with van der Waals surface area (Å²) in [6.45, 7) is 3.01. The highest BCUT2D eigenvalue weighted by molar-refractivity contribution is 7.89. The monoisotopic (exact) mass is 372 g/mol. The van der Waals surface area contributed by atoms with Gasteiger partial charge >= 0.3 is 0 Å². The summed E-state index contributed by atoms with van der Waals surface area (Å²) in [6.07, 6.45) is 0.